The average Bonchev–Trinajstić information content (AvgIpc) is 2.72. The van der Waals surface area contributed by atoms with Gasteiger partial charge < -0.3 is 10.2 Å². The van der Waals surface area contributed by atoms with Crippen molar-refractivity contribution in [2.45, 2.75) is 26.8 Å². The molecule has 0 spiro atoms. The molecule has 2 aliphatic heterocycles. The van der Waals surface area contributed by atoms with Crippen molar-refractivity contribution in [3.63, 3.8) is 0 Å². The van der Waals surface area contributed by atoms with E-state index in [2.05, 4.69) is 61.9 Å². The maximum absolute atomic E-state index is 13.0. The Bertz CT molecular complexity index is 713. The minimum absolute atomic E-state index is 0.0114. The number of allylic oxidation sites excluding steroid dienone is 1. The van der Waals surface area contributed by atoms with Gasteiger partial charge in [0.05, 0.1) is 12.6 Å². The lowest BCUT2D eigenvalue weighted by molar-refractivity contribution is -0.123. The smallest absolute Gasteiger partial charge is 0.273 e. The molecule has 1 fully saturated rings. The van der Waals surface area contributed by atoms with Crippen molar-refractivity contribution < 1.29 is 4.79 Å². The Morgan fingerprint density at radius 2 is 2.08 bits per heavy atom. The predicted octanol–water partition coefficient (Wildman–Crippen LogP) is 3.02. The van der Waals surface area contributed by atoms with Crippen molar-refractivity contribution in [3.05, 3.63) is 59.3 Å². The van der Waals surface area contributed by atoms with Crippen LogP contribution < -0.4 is 5.32 Å². The van der Waals surface area contributed by atoms with Gasteiger partial charge >= 0.3 is 0 Å². The van der Waals surface area contributed by atoms with E-state index < -0.39 is 0 Å². The van der Waals surface area contributed by atoms with Crippen molar-refractivity contribution in [1.82, 2.24) is 10.2 Å². The number of fused-ring (bicyclic) bond motifs is 1. The zero-order valence-corrected chi connectivity index (χ0v) is 14.7. The maximum atomic E-state index is 13.0. The molecule has 0 radical (unpaired) electrons. The van der Waals surface area contributed by atoms with Crippen LogP contribution in [0.2, 0.25) is 0 Å². The second-order valence-corrected chi connectivity index (χ2v) is 6.70. The number of hydrogen-bond acceptors (Lipinski definition) is 3. The first-order chi connectivity index (χ1) is 11.5. The number of carbonyl (C=O) groups excluding carboxylic acids is 1. The number of likely N-dealkylation sites (tertiary alicyclic amines) is 1. The summed E-state index contributed by atoms with van der Waals surface area (Å²) in [4.78, 5) is 19.5. The minimum Gasteiger partial charge on any atom is -0.386 e. The predicted molar refractivity (Wildman–Crippen MR) is 98.0 cm³/mol. The summed E-state index contributed by atoms with van der Waals surface area (Å²) in [5.41, 5.74) is 5.13. The number of hydrogen-bond donors (Lipinski definition) is 1. The fourth-order valence-electron chi connectivity index (χ4n) is 3.47. The largest absolute Gasteiger partial charge is 0.386 e. The van der Waals surface area contributed by atoms with Gasteiger partial charge in [-0.3, -0.25) is 9.79 Å². The third-order valence-electron chi connectivity index (χ3n) is 4.59. The highest BCUT2D eigenvalue weighted by Crippen LogP contribution is 2.39. The first kappa shape index (κ1) is 16.5. The van der Waals surface area contributed by atoms with Crippen molar-refractivity contribution in [3.8, 4) is 0 Å². The standard InChI is InChI=1S/C20H25N3O/c1-5-12-23-19(15-8-6-14(4)7-9-15)16-17(13(2)3)21-10-11-22-18(16)20(23)24/h5-9,13,19,21H,1,10-12H2,2-4H3. The molecular weight excluding hydrogens is 298 g/mol. The van der Waals surface area contributed by atoms with E-state index >= 15 is 0 Å². The minimum atomic E-state index is -0.0992. The van der Waals surface area contributed by atoms with Crippen LogP contribution in [0.15, 0.2) is 53.2 Å². The lowest BCUT2D eigenvalue weighted by Crippen LogP contribution is -2.30. The quantitative estimate of drug-likeness (QED) is 0.866. The van der Waals surface area contributed by atoms with Gasteiger partial charge in [0.25, 0.3) is 5.91 Å². The van der Waals surface area contributed by atoms with Crippen molar-refractivity contribution in [2.24, 2.45) is 10.9 Å². The molecule has 1 atom stereocenters. The van der Waals surface area contributed by atoms with Crippen LogP contribution >= 0.6 is 0 Å². The molecular formula is C20H25N3O. The van der Waals surface area contributed by atoms with Crippen molar-refractivity contribution in [2.75, 3.05) is 19.6 Å². The lowest BCUT2D eigenvalue weighted by atomic mass is 9.92. The third kappa shape index (κ3) is 2.77. The second kappa shape index (κ2) is 6.63. The lowest BCUT2D eigenvalue weighted by Gasteiger charge is -2.26. The molecule has 0 aromatic heterocycles. The maximum Gasteiger partial charge on any atom is 0.273 e. The zero-order valence-electron chi connectivity index (χ0n) is 14.7. The van der Waals surface area contributed by atoms with Gasteiger partial charge in [-0.15, -0.1) is 6.58 Å². The molecule has 2 heterocycles. The Labute approximate surface area is 144 Å². The molecule has 1 amide bonds. The summed E-state index contributed by atoms with van der Waals surface area (Å²) in [6, 6.07) is 8.32. The molecule has 1 N–H and O–H groups in total. The van der Waals surface area contributed by atoms with Crippen molar-refractivity contribution in [1.29, 1.82) is 0 Å². The normalized spacial score (nSPS) is 20.7. The summed E-state index contributed by atoms with van der Waals surface area (Å²) in [6.07, 6.45) is 1.79. The average molecular weight is 323 g/mol. The molecule has 1 saturated heterocycles. The van der Waals surface area contributed by atoms with Gasteiger partial charge in [0.15, 0.2) is 0 Å². The Balaban J connectivity index is 2.20. The Morgan fingerprint density at radius 1 is 1.38 bits per heavy atom. The van der Waals surface area contributed by atoms with Gasteiger partial charge in [0.2, 0.25) is 0 Å². The van der Waals surface area contributed by atoms with E-state index in [1.165, 1.54) is 5.56 Å². The van der Waals surface area contributed by atoms with Gasteiger partial charge in [-0.05, 0) is 18.4 Å². The summed E-state index contributed by atoms with van der Waals surface area (Å²) in [7, 11) is 0. The number of aryl methyl sites for hydroxylation is 1. The van der Waals surface area contributed by atoms with Gasteiger partial charge in [0, 0.05) is 24.4 Å². The summed E-state index contributed by atoms with van der Waals surface area (Å²) >= 11 is 0. The summed E-state index contributed by atoms with van der Waals surface area (Å²) in [6.45, 7) is 12.1. The number of nitrogens with zero attached hydrogens (tertiary/aromatic N) is 2. The van der Waals surface area contributed by atoms with Crippen LogP contribution in [0.4, 0.5) is 0 Å². The van der Waals surface area contributed by atoms with Crippen LogP contribution in [0.3, 0.4) is 0 Å². The molecule has 1 aromatic carbocycles. The fourth-order valence-corrected chi connectivity index (χ4v) is 3.47. The zero-order chi connectivity index (χ0) is 17.3. The SMILES string of the molecule is C=CCN1C(=O)C2=NCCNC(C(C)C)=C2C1c1ccc(C)cc1. The van der Waals surface area contributed by atoms with Gasteiger partial charge in [-0.1, -0.05) is 49.8 Å². The number of amides is 1. The monoisotopic (exact) mass is 323 g/mol. The molecule has 0 aliphatic carbocycles. The third-order valence-corrected chi connectivity index (χ3v) is 4.59. The molecule has 24 heavy (non-hydrogen) atoms. The van der Waals surface area contributed by atoms with Crippen molar-refractivity contribution >= 4 is 11.6 Å². The van der Waals surface area contributed by atoms with Crippen LogP contribution in [0.25, 0.3) is 0 Å². The number of carbonyl (C=O) groups is 1. The van der Waals surface area contributed by atoms with E-state index in [9.17, 15) is 4.79 Å². The topological polar surface area (TPSA) is 44.7 Å². The molecule has 126 valence electrons. The molecule has 0 bridgehead atoms. The number of nitrogens with one attached hydrogen (secondary N) is 1. The van der Waals surface area contributed by atoms with Gasteiger partial charge in [0.1, 0.15) is 5.71 Å². The Morgan fingerprint density at radius 3 is 2.71 bits per heavy atom. The van der Waals surface area contributed by atoms with E-state index in [0.717, 1.165) is 23.4 Å². The fraction of sp³-hybridized carbons (Fsp3) is 0.400. The number of aliphatic imine (C=N–C) groups is 1. The Hall–Kier alpha value is -2.36. The van der Waals surface area contributed by atoms with E-state index in [1.54, 1.807) is 6.08 Å². The van der Waals surface area contributed by atoms with Crippen LogP contribution in [0.5, 0.6) is 0 Å². The molecule has 2 aliphatic rings. The summed E-state index contributed by atoms with van der Waals surface area (Å²) < 4.78 is 0. The highest BCUT2D eigenvalue weighted by atomic mass is 16.2. The van der Waals surface area contributed by atoms with Gasteiger partial charge in [-0.25, -0.2) is 0 Å². The van der Waals surface area contributed by atoms with Crippen LogP contribution in [-0.4, -0.2) is 36.2 Å². The molecule has 1 aromatic rings. The Kier molecular flexibility index (Phi) is 4.56. The molecule has 0 saturated carbocycles. The number of rotatable bonds is 4. The summed E-state index contributed by atoms with van der Waals surface area (Å²) in [5, 5.41) is 3.51. The first-order valence-electron chi connectivity index (χ1n) is 8.55. The van der Waals surface area contributed by atoms with Gasteiger partial charge in [-0.2, -0.15) is 0 Å². The summed E-state index contributed by atoms with van der Waals surface area (Å²) in [5.74, 6) is 0.324. The first-order valence-corrected chi connectivity index (χ1v) is 8.55. The van der Waals surface area contributed by atoms with Crippen LogP contribution in [0, 0.1) is 12.8 Å². The van der Waals surface area contributed by atoms with Crippen LogP contribution in [-0.2, 0) is 4.79 Å². The van der Waals surface area contributed by atoms with E-state index in [0.29, 0.717) is 24.7 Å². The van der Waals surface area contributed by atoms with Crippen LogP contribution in [0.1, 0.15) is 31.0 Å². The molecule has 4 heteroatoms. The molecule has 3 rings (SSSR count). The van der Waals surface area contributed by atoms with E-state index in [-0.39, 0.29) is 11.9 Å². The van der Waals surface area contributed by atoms with E-state index in [1.807, 2.05) is 4.90 Å². The highest BCUT2D eigenvalue weighted by molar-refractivity contribution is 6.48. The second-order valence-electron chi connectivity index (χ2n) is 6.70. The van der Waals surface area contributed by atoms with E-state index in [4.69, 9.17) is 0 Å². The highest BCUT2D eigenvalue weighted by Gasteiger charge is 2.43. The molecule has 4 nitrogen and oxygen atoms in total. The molecule has 1 unspecified atom stereocenters. The number of benzene rings is 1.